The molecule has 1 aliphatic heterocycles. The SMILES string of the molecule is Cc1cc(NCC2(F)CCN(S(=O)(=O)c3cc(F)cc(F)c3)CC2)nc(C)n1. The fourth-order valence-corrected chi connectivity index (χ4v) is 4.67. The van der Waals surface area contributed by atoms with Gasteiger partial charge in [-0.1, -0.05) is 0 Å². The van der Waals surface area contributed by atoms with Gasteiger partial charge in [0.2, 0.25) is 10.0 Å². The van der Waals surface area contributed by atoms with Gasteiger partial charge in [0.25, 0.3) is 0 Å². The molecule has 0 amide bonds. The fraction of sp³-hybridized carbons (Fsp3) is 0.444. The van der Waals surface area contributed by atoms with E-state index < -0.39 is 32.2 Å². The van der Waals surface area contributed by atoms with E-state index in [0.717, 1.165) is 22.1 Å². The summed E-state index contributed by atoms with van der Waals surface area (Å²) in [5.41, 5.74) is -0.863. The van der Waals surface area contributed by atoms with Crippen LogP contribution < -0.4 is 5.32 Å². The molecule has 0 spiro atoms. The molecule has 3 rings (SSSR count). The summed E-state index contributed by atoms with van der Waals surface area (Å²) in [6, 6.07) is 3.83. The zero-order chi connectivity index (χ0) is 20.5. The Kier molecular flexibility index (Phi) is 5.62. The third-order valence-corrected chi connectivity index (χ3v) is 6.52. The summed E-state index contributed by atoms with van der Waals surface area (Å²) in [4.78, 5) is 7.88. The smallest absolute Gasteiger partial charge is 0.243 e. The zero-order valence-corrected chi connectivity index (χ0v) is 16.4. The van der Waals surface area contributed by atoms with Crippen LogP contribution in [0.4, 0.5) is 19.0 Å². The van der Waals surface area contributed by atoms with Crippen molar-refractivity contribution in [2.75, 3.05) is 25.0 Å². The van der Waals surface area contributed by atoms with E-state index in [1.165, 1.54) is 0 Å². The molecule has 10 heteroatoms. The highest BCUT2D eigenvalue weighted by Crippen LogP contribution is 2.30. The Morgan fingerprint density at radius 2 is 1.68 bits per heavy atom. The van der Waals surface area contributed by atoms with Crippen molar-refractivity contribution in [2.45, 2.75) is 37.3 Å². The molecule has 152 valence electrons. The molecule has 2 heterocycles. The lowest BCUT2D eigenvalue weighted by atomic mass is 9.94. The molecule has 1 saturated heterocycles. The summed E-state index contributed by atoms with van der Waals surface area (Å²) in [7, 11) is -4.09. The molecule has 2 aromatic rings. The van der Waals surface area contributed by atoms with Crippen LogP contribution in [0.5, 0.6) is 0 Å². The first-order valence-electron chi connectivity index (χ1n) is 8.79. The van der Waals surface area contributed by atoms with Gasteiger partial charge in [-0.25, -0.2) is 31.6 Å². The summed E-state index contributed by atoms with van der Waals surface area (Å²) >= 11 is 0. The number of halogens is 3. The minimum Gasteiger partial charge on any atom is -0.367 e. The van der Waals surface area contributed by atoms with Gasteiger partial charge in [0.1, 0.15) is 28.9 Å². The normalized spacial score (nSPS) is 17.5. The van der Waals surface area contributed by atoms with Gasteiger partial charge in [-0.15, -0.1) is 0 Å². The van der Waals surface area contributed by atoms with Crippen molar-refractivity contribution in [3.63, 3.8) is 0 Å². The van der Waals surface area contributed by atoms with Crippen LogP contribution in [0.1, 0.15) is 24.4 Å². The number of aryl methyl sites for hydroxylation is 2. The summed E-state index contributed by atoms with van der Waals surface area (Å²) in [6.45, 7) is 3.36. The Balaban J connectivity index is 1.65. The second-order valence-corrected chi connectivity index (χ2v) is 8.89. The van der Waals surface area contributed by atoms with Crippen LogP contribution in [0.3, 0.4) is 0 Å². The van der Waals surface area contributed by atoms with Crippen LogP contribution in [0.2, 0.25) is 0 Å². The van der Waals surface area contributed by atoms with Gasteiger partial charge in [0, 0.05) is 30.9 Å². The van der Waals surface area contributed by atoms with E-state index in [0.29, 0.717) is 17.7 Å². The number of benzene rings is 1. The lowest BCUT2D eigenvalue weighted by Gasteiger charge is -2.35. The van der Waals surface area contributed by atoms with Gasteiger partial charge in [-0.05, 0) is 38.8 Å². The maximum absolute atomic E-state index is 15.1. The summed E-state index contributed by atoms with van der Waals surface area (Å²) in [5.74, 6) is -0.879. The first-order chi connectivity index (χ1) is 13.1. The molecular formula is C18H21F3N4O2S. The molecule has 6 nitrogen and oxygen atoms in total. The van der Waals surface area contributed by atoms with Gasteiger partial charge in [0.15, 0.2) is 0 Å². The third kappa shape index (κ3) is 4.61. The van der Waals surface area contributed by atoms with Crippen LogP contribution in [-0.4, -0.2) is 48.0 Å². The minimum absolute atomic E-state index is 0.0224. The number of piperidine rings is 1. The Hall–Kier alpha value is -2.20. The summed E-state index contributed by atoms with van der Waals surface area (Å²) in [6.07, 6.45) is -0.0832. The fourth-order valence-electron chi connectivity index (χ4n) is 3.19. The lowest BCUT2D eigenvalue weighted by Crippen LogP contribution is -2.47. The molecule has 0 radical (unpaired) electrons. The first-order valence-corrected chi connectivity index (χ1v) is 10.2. The highest BCUT2D eigenvalue weighted by atomic mass is 32.2. The average Bonchev–Trinajstić information content (AvgIpc) is 2.59. The van der Waals surface area contributed by atoms with E-state index in [2.05, 4.69) is 15.3 Å². The van der Waals surface area contributed by atoms with Crippen molar-refractivity contribution < 1.29 is 21.6 Å². The molecular weight excluding hydrogens is 393 g/mol. The van der Waals surface area contributed by atoms with Crippen molar-refractivity contribution in [1.29, 1.82) is 0 Å². The maximum atomic E-state index is 15.1. The molecule has 1 fully saturated rings. The third-order valence-electron chi connectivity index (χ3n) is 4.64. The number of hydrogen-bond donors (Lipinski definition) is 1. The zero-order valence-electron chi connectivity index (χ0n) is 15.5. The van der Waals surface area contributed by atoms with Crippen LogP contribution in [0.15, 0.2) is 29.2 Å². The molecule has 1 aromatic carbocycles. The van der Waals surface area contributed by atoms with Crippen molar-refractivity contribution in [2.24, 2.45) is 0 Å². The topological polar surface area (TPSA) is 75.2 Å². The largest absolute Gasteiger partial charge is 0.367 e. The molecule has 0 saturated carbocycles. The number of hydrogen-bond acceptors (Lipinski definition) is 5. The van der Waals surface area contributed by atoms with Gasteiger partial charge in [-0.3, -0.25) is 0 Å². The number of alkyl halides is 1. The summed E-state index contributed by atoms with van der Waals surface area (Å²) in [5, 5.41) is 2.94. The van der Waals surface area contributed by atoms with Crippen molar-refractivity contribution >= 4 is 15.8 Å². The Morgan fingerprint density at radius 3 is 2.25 bits per heavy atom. The monoisotopic (exact) mass is 414 g/mol. The molecule has 0 bridgehead atoms. The van der Waals surface area contributed by atoms with E-state index in [-0.39, 0.29) is 32.5 Å². The number of aromatic nitrogens is 2. The minimum atomic E-state index is -4.09. The molecule has 28 heavy (non-hydrogen) atoms. The predicted molar refractivity (Wildman–Crippen MR) is 98.2 cm³/mol. The number of nitrogens with one attached hydrogen (secondary N) is 1. The number of nitrogens with zero attached hydrogens (tertiary/aromatic N) is 3. The maximum Gasteiger partial charge on any atom is 0.243 e. The standard InChI is InChI=1S/C18H21F3N4O2S/c1-12-7-17(24-13(2)23-12)22-11-18(21)3-5-25(6-4-18)28(26,27)16-9-14(19)8-15(20)10-16/h7-10H,3-6,11H2,1-2H3,(H,22,23,24). The quantitative estimate of drug-likeness (QED) is 0.814. The second kappa shape index (κ2) is 7.67. The van der Waals surface area contributed by atoms with Gasteiger partial charge >= 0.3 is 0 Å². The lowest BCUT2D eigenvalue weighted by molar-refractivity contribution is 0.102. The highest BCUT2D eigenvalue weighted by molar-refractivity contribution is 7.89. The van der Waals surface area contributed by atoms with Crippen molar-refractivity contribution in [3.05, 3.63) is 47.4 Å². The Labute approximate surface area is 161 Å². The average molecular weight is 414 g/mol. The van der Waals surface area contributed by atoms with Crippen molar-refractivity contribution in [3.8, 4) is 0 Å². The molecule has 1 aromatic heterocycles. The number of rotatable bonds is 5. The second-order valence-electron chi connectivity index (χ2n) is 6.96. The Bertz CT molecular complexity index is 936. The van der Waals surface area contributed by atoms with Crippen molar-refractivity contribution in [1.82, 2.24) is 14.3 Å². The first kappa shape index (κ1) is 20.5. The van der Waals surface area contributed by atoms with Gasteiger partial charge in [0.05, 0.1) is 11.4 Å². The van der Waals surface area contributed by atoms with E-state index in [1.807, 2.05) is 6.92 Å². The Morgan fingerprint density at radius 1 is 1.07 bits per heavy atom. The van der Waals surface area contributed by atoms with Crippen LogP contribution in [-0.2, 0) is 10.0 Å². The van der Waals surface area contributed by atoms with E-state index in [1.54, 1.807) is 13.0 Å². The number of anilines is 1. The molecule has 0 aliphatic carbocycles. The van der Waals surface area contributed by atoms with E-state index in [4.69, 9.17) is 0 Å². The molecule has 1 aliphatic rings. The molecule has 0 unspecified atom stereocenters. The molecule has 1 N–H and O–H groups in total. The van der Waals surface area contributed by atoms with Crippen LogP contribution in [0, 0.1) is 25.5 Å². The highest BCUT2D eigenvalue weighted by Gasteiger charge is 2.39. The summed E-state index contributed by atoms with van der Waals surface area (Å²) < 4.78 is 68.1. The molecule has 0 atom stereocenters. The van der Waals surface area contributed by atoms with E-state index >= 15 is 4.39 Å². The van der Waals surface area contributed by atoms with E-state index in [9.17, 15) is 17.2 Å². The van der Waals surface area contributed by atoms with Crippen LogP contribution in [0.25, 0.3) is 0 Å². The van der Waals surface area contributed by atoms with Gasteiger partial charge in [-0.2, -0.15) is 4.31 Å². The van der Waals surface area contributed by atoms with Gasteiger partial charge < -0.3 is 5.32 Å². The number of sulfonamides is 1. The predicted octanol–water partition coefficient (Wildman–Crippen LogP) is 2.98. The van der Waals surface area contributed by atoms with Crippen LogP contribution >= 0.6 is 0 Å².